The van der Waals surface area contributed by atoms with Crippen LogP contribution in [-0.2, 0) is 7.05 Å². The molecule has 1 aliphatic rings. The minimum absolute atomic E-state index is 0.278. The molecule has 3 rings (SSSR count). The van der Waals surface area contributed by atoms with Crippen LogP contribution >= 0.6 is 0 Å². The fourth-order valence-electron chi connectivity index (χ4n) is 2.95. The van der Waals surface area contributed by atoms with Crippen molar-refractivity contribution in [1.29, 1.82) is 0 Å². The van der Waals surface area contributed by atoms with E-state index in [0.717, 1.165) is 24.5 Å². The van der Waals surface area contributed by atoms with Crippen LogP contribution in [0.15, 0.2) is 30.5 Å². The molecule has 0 saturated carbocycles. The van der Waals surface area contributed by atoms with Gasteiger partial charge in [-0.25, -0.2) is 0 Å². The Morgan fingerprint density at radius 1 is 1.40 bits per heavy atom. The molecule has 1 aromatic carbocycles. The van der Waals surface area contributed by atoms with Crippen LogP contribution in [-0.4, -0.2) is 16.4 Å². The summed E-state index contributed by atoms with van der Waals surface area (Å²) in [5.41, 5.74) is 3.61. The molecule has 2 aromatic rings. The summed E-state index contributed by atoms with van der Waals surface area (Å²) >= 11 is 0. The van der Waals surface area contributed by atoms with Gasteiger partial charge in [0, 0.05) is 42.9 Å². The Morgan fingerprint density at radius 3 is 2.95 bits per heavy atom. The lowest BCUT2D eigenvalue weighted by Crippen LogP contribution is -2.29. The van der Waals surface area contributed by atoms with Crippen molar-refractivity contribution in [3.05, 3.63) is 47.3 Å². The Morgan fingerprint density at radius 2 is 2.20 bits per heavy atom. The number of rotatable bonds is 3. The zero-order chi connectivity index (χ0) is 14.1. The molecule has 1 aliphatic heterocycles. The third kappa shape index (κ3) is 2.43. The number of fused-ring (bicyclic) bond motifs is 1. The summed E-state index contributed by atoms with van der Waals surface area (Å²) in [4.78, 5) is 0. The van der Waals surface area contributed by atoms with Gasteiger partial charge in [0.1, 0.15) is 5.75 Å². The van der Waals surface area contributed by atoms with Gasteiger partial charge in [-0.15, -0.1) is 0 Å². The molecule has 0 bridgehead atoms. The number of ether oxygens (including phenoxy) is 1. The normalized spacial score (nSPS) is 19.2. The van der Waals surface area contributed by atoms with Crippen LogP contribution < -0.4 is 10.1 Å². The summed E-state index contributed by atoms with van der Waals surface area (Å²) in [5.74, 6) is 1.01. The fraction of sp³-hybridized carbons (Fsp3) is 0.438. The van der Waals surface area contributed by atoms with Crippen molar-refractivity contribution < 1.29 is 4.74 Å². The first kappa shape index (κ1) is 13.2. The molecule has 1 N–H and O–H groups in total. The number of hydrogen-bond acceptors (Lipinski definition) is 3. The summed E-state index contributed by atoms with van der Waals surface area (Å²) in [6.07, 6.45) is 3.10. The molecule has 0 aliphatic carbocycles. The van der Waals surface area contributed by atoms with E-state index in [1.165, 1.54) is 11.1 Å². The molecule has 2 atom stereocenters. The van der Waals surface area contributed by atoms with Gasteiger partial charge in [0.05, 0.1) is 12.3 Å². The summed E-state index contributed by atoms with van der Waals surface area (Å²) in [6.45, 7) is 5.03. The molecular formula is C16H21N3O. The van der Waals surface area contributed by atoms with Gasteiger partial charge in [0.25, 0.3) is 0 Å². The smallest absolute Gasteiger partial charge is 0.124 e. The van der Waals surface area contributed by atoms with Crippen molar-refractivity contribution in [2.24, 2.45) is 7.05 Å². The van der Waals surface area contributed by atoms with Gasteiger partial charge in [0.2, 0.25) is 0 Å². The van der Waals surface area contributed by atoms with E-state index < -0.39 is 0 Å². The van der Waals surface area contributed by atoms with Crippen LogP contribution in [0.5, 0.6) is 5.75 Å². The van der Waals surface area contributed by atoms with Gasteiger partial charge < -0.3 is 10.1 Å². The van der Waals surface area contributed by atoms with Gasteiger partial charge in [0.15, 0.2) is 0 Å². The quantitative estimate of drug-likeness (QED) is 0.933. The summed E-state index contributed by atoms with van der Waals surface area (Å²) in [6, 6.07) is 8.91. The number of aromatic nitrogens is 2. The van der Waals surface area contributed by atoms with Gasteiger partial charge in [-0.05, 0) is 19.9 Å². The Labute approximate surface area is 119 Å². The van der Waals surface area contributed by atoms with Crippen LogP contribution in [0.25, 0.3) is 0 Å². The molecule has 2 unspecified atom stereocenters. The standard InChI is InChI=1S/C16H21N3O/c1-11(14-10-19(3)18-12(14)2)17-15-8-9-20-16-7-5-4-6-13(15)16/h4-7,10-11,15,17H,8-9H2,1-3H3. The van der Waals surface area contributed by atoms with Crippen molar-refractivity contribution in [3.8, 4) is 5.75 Å². The molecule has 2 heterocycles. The molecule has 0 radical (unpaired) electrons. The highest BCUT2D eigenvalue weighted by Gasteiger charge is 2.23. The molecule has 0 fully saturated rings. The van der Waals surface area contributed by atoms with E-state index in [1.54, 1.807) is 0 Å². The largest absolute Gasteiger partial charge is 0.493 e. The molecule has 4 nitrogen and oxygen atoms in total. The SMILES string of the molecule is Cc1nn(C)cc1C(C)NC1CCOc2ccccc21. The zero-order valence-corrected chi connectivity index (χ0v) is 12.3. The van der Waals surface area contributed by atoms with Gasteiger partial charge >= 0.3 is 0 Å². The van der Waals surface area contributed by atoms with Gasteiger partial charge in [-0.2, -0.15) is 5.10 Å². The molecule has 106 valence electrons. The first-order valence-corrected chi connectivity index (χ1v) is 7.13. The van der Waals surface area contributed by atoms with E-state index in [0.29, 0.717) is 6.04 Å². The van der Waals surface area contributed by atoms with Crippen LogP contribution in [0, 0.1) is 6.92 Å². The van der Waals surface area contributed by atoms with E-state index in [2.05, 4.69) is 42.6 Å². The molecule has 1 aromatic heterocycles. The maximum atomic E-state index is 5.71. The first-order chi connectivity index (χ1) is 9.65. The summed E-state index contributed by atoms with van der Waals surface area (Å²) in [5, 5.41) is 8.13. The van der Waals surface area contributed by atoms with Crippen LogP contribution in [0.1, 0.15) is 42.2 Å². The van der Waals surface area contributed by atoms with E-state index in [4.69, 9.17) is 4.74 Å². The van der Waals surface area contributed by atoms with Crippen LogP contribution in [0.4, 0.5) is 0 Å². The highest BCUT2D eigenvalue weighted by molar-refractivity contribution is 5.37. The van der Waals surface area contributed by atoms with Crippen LogP contribution in [0.2, 0.25) is 0 Å². The van der Waals surface area contributed by atoms with E-state index >= 15 is 0 Å². The second-order valence-corrected chi connectivity index (χ2v) is 5.46. The average Bonchev–Trinajstić information content (AvgIpc) is 2.78. The molecular weight excluding hydrogens is 250 g/mol. The van der Waals surface area contributed by atoms with Crippen molar-refractivity contribution in [2.75, 3.05) is 6.61 Å². The zero-order valence-electron chi connectivity index (χ0n) is 12.3. The highest BCUT2D eigenvalue weighted by atomic mass is 16.5. The number of hydrogen-bond donors (Lipinski definition) is 1. The highest BCUT2D eigenvalue weighted by Crippen LogP contribution is 2.33. The van der Waals surface area contributed by atoms with Crippen LogP contribution in [0.3, 0.4) is 0 Å². The maximum Gasteiger partial charge on any atom is 0.124 e. The fourth-order valence-corrected chi connectivity index (χ4v) is 2.95. The van der Waals surface area contributed by atoms with Gasteiger partial charge in [-0.1, -0.05) is 18.2 Å². The monoisotopic (exact) mass is 271 g/mol. The summed E-state index contributed by atoms with van der Waals surface area (Å²) < 4.78 is 7.59. The van der Waals surface area contributed by atoms with E-state index in [-0.39, 0.29) is 6.04 Å². The lowest BCUT2D eigenvalue weighted by atomic mass is 9.98. The number of aryl methyl sites for hydroxylation is 2. The van der Waals surface area contributed by atoms with Crippen molar-refractivity contribution in [3.63, 3.8) is 0 Å². The second-order valence-electron chi connectivity index (χ2n) is 5.46. The predicted octanol–water partition coefficient (Wildman–Crippen LogP) is 2.90. The average molecular weight is 271 g/mol. The molecule has 0 spiro atoms. The third-order valence-electron chi connectivity index (χ3n) is 3.93. The molecule has 4 heteroatoms. The van der Waals surface area contributed by atoms with E-state index in [1.807, 2.05) is 23.9 Å². The maximum absolute atomic E-state index is 5.71. The third-order valence-corrected chi connectivity index (χ3v) is 3.93. The number of benzene rings is 1. The van der Waals surface area contributed by atoms with E-state index in [9.17, 15) is 0 Å². The molecule has 20 heavy (non-hydrogen) atoms. The second kappa shape index (κ2) is 5.29. The minimum Gasteiger partial charge on any atom is -0.493 e. The first-order valence-electron chi connectivity index (χ1n) is 7.13. The topological polar surface area (TPSA) is 39.1 Å². The van der Waals surface area contributed by atoms with Gasteiger partial charge in [-0.3, -0.25) is 4.68 Å². The molecule has 0 saturated heterocycles. The number of nitrogens with one attached hydrogen (secondary N) is 1. The Bertz CT molecular complexity index is 606. The van der Waals surface area contributed by atoms with Crippen molar-refractivity contribution in [2.45, 2.75) is 32.4 Å². The Balaban J connectivity index is 1.80. The predicted molar refractivity (Wildman–Crippen MR) is 78.8 cm³/mol. The summed E-state index contributed by atoms with van der Waals surface area (Å²) in [7, 11) is 1.97. The number of nitrogens with zero attached hydrogens (tertiary/aromatic N) is 2. The minimum atomic E-state index is 0.278. The van der Waals surface area contributed by atoms with Crippen molar-refractivity contribution >= 4 is 0 Å². The Kier molecular flexibility index (Phi) is 3.49. The van der Waals surface area contributed by atoms with Crippen molar-refractivity contribution in [1.82, 2.24) is 15.1 Å². The number of para-hydroxylation sites is 1. The lowest BCUT2D eigenvalue weighted by molar-refractivity contribution is 0.246. The lowest BCUT2D eigenvalue weighted by Gasteiger charge is -2.29. The Hall–Kier alpha value is -1.81. The molecule has 0 amide bonds.